The Morgan fingerprint density at radius 2 is 1.88 bits per heavy atom. The molecule has 3 heterocycles. The summed E-state index contributed by atoms with van der Waals surface area (Å²) < 4.78 is 12.3. The van der Waals surface area contributed by atoms with E-state index >= 15 is 0 Å². The molecule has 7 nitrogen and oxygen atoms in total. The van der Waals surface area contributed by atoms with Crippen molar-refractivity contribution in [1.29, 1.82) is 0 Å². The predicted molar refractivity (Wildman–Crippen MR) is 119 cm³/mol. The number of methoxy groups -OCH3 is 1. The monoisotopic (exact) mass is 427 g/mol. The summed E-state index contributed by atoms with van der Waals surface area (Å²) in [6.45, 7) is 2.38. The molecule has 0 radical (unpaired) electrons. The van der Waals surface area contributed by atoms with Crippen molar-refractivity contribution in [2.45, 2.75) is 13.3 Å². The fourth-order valence-corrected chi connectivity index (χ4v) is 3.99. The lowest BCUT2D eigenvalue weighted by atomic mass is 10.1. The molecule has 160 valence electrons. The van der Waals surface area contributed by atoms with Gasteiger partial charge in [0.1, 0.15) is 11.5 Å². The van der Waals surface area contributed by atoms with Crippen molar-refractivity contribution in [3.8, 4) is 17.1 Å². The Balaban J connectivity index is 1.56. The number of amides is 1. The number of rotatable bonds is 4. The van der Waals surface area contributed by atoms with Gasteiger partial charge in [0.15, 0.2) is 5.76 Å². The van der Waals surface area contributed by atoms with Gasteiger partial charge in [-0.25, -0.2) is 9.48 Å². The number of hydrogen-bond donors (Lipinski definition) is 0. The lowest BCUT2D eigenvalue weighted by molar-refractivity contribution is 0.0600. The Morgan fingerprint density at radius 3 is 2.59 bits per heavy atom. The van der Waals surface area contributed by atoms with E-state index in [0.717, 1.165) is 22.7 Å². The molecule has 4 aromatic rings. The van der Waals surface area contributed by atoms with E-state index in [1.807, 2.05) is 49.4 Å². The first kappa shape index (κ1) is 19.8. The first-order chi connectivity index (χ1) is 15.5. The van der Waals surface area contributed by atoms with Crippen LogP contribution in [0.5, 0.6) is 0 Å². The molecule has 0 atom stereocenters. The highest BCUT2D eigenvalue weighted by Gasteiger charge is 2.30. The highest BCUT2D eigenvalue weighted by atomic mass is 16.5. The third-order valence-electron chi connectivity index (χ3n) is 5.58. The fourth-order valence-electron chi connectivity index (χ4n) is 3.99. The second-order valence-electron chi connectivity index (χ2n) is 7.62. The van der Waals surface area contributed by atoms with Crippen LogP contribution >= 0.6 is 0 Å². The van der Waals surface area contributed by atoms with Crippen LogP contribution in [-0.2, 0) is 11.2 Å². The Bertz CT molecular complexity index is 1320. The largest absolute Gasteiger partial charge is 0.465 e. The number of esters is 1. The highest BCUT2D eigenvalue weighted by molar-refractivity contribution is 6.10. The van der Waals surface area contributed by atoms with Crippen LogP contribution in [0.25, 0.3) is 17.1 Å². The smallest absolute Gasteiger partial charge is 0.337 e. The maximum atomic E-state index is 13.7. The first-order valence-corrected chi connectivity index (χ1v) is 10.3. The average Bonchev–Trinajstić information content (AvgIpc) is 3.56. The van der Waals surface area contributed by atoms with Crippen LogP contribution in [-0.4, -0.2) is 35.3 Å². The van der Waals surface area contributed by atoms with Gasteiger partial charge >= 0.3 is 5.97 Å². The second kappa shape index (κ2) is 7.85. The predicted octanol–water partition coefficient (Wildman–Crippen LogP) is 4.43. The van der Waals surface area contributed by atoms with Crippen molar-refractivity contribution in [3.05, 3.63) is 89.3 Å². The zero-order chi connectivity index (χ0) is 22.2. The van der Waals surface area contributed by atoms with Gasteiger partial charge < -0.3 is 14.1 Å². The maximum Gasteiger partial charge on any atom is 0.337 e. The standard InChI is InChI=1S/C25H21N3O4/c1-16-8-11-22(32-16)23-20(15-28(26-23)19-6-4-3-5-7-19)24(29)27-13-12-17-14-18(25(30)31-2)9-10-21(17)27/h3-11,14-15H,12-13H2,1-2H3. The summed E-state index contributed by atoms with van der Waals surface area (Å²) in [5.41, 5.74) is 3.99. The van der Waals surface area contributed by atoms with E-state index in [0.29, 0.717) is 35.5 Å². The number of carbonyl (C=O) groups is 2. The highest BCUT2D eigenvalue weighted by Crippen LogP contribution is 2.33. The number of ether oxygens (including phenoxy) is 1. The summed E-state index contributed by atoms with van der Waals surface area (Å²) in [6, 6.07) is 18.6. The number of aromatic nitrogens is 2. The third-order valence-corrected chi connectivity index (χ3v) is 5.58. The molecule has 0 unspecified atom stereocenters. The molecule has 0 fully saturated rings. The lowest BCUT2D eigenvalue weighted by Gasteiger charge is -2.17. The van der Waals surface area contributed by atoms with Gasteiger partial charge in [-0.15, -0.1) is 0 Å². The van der Waals surface area contributed by atoms with E-state index < -0.39 is 5.97 Å². The normalized spacial score (nSPS) is 12.6. The van der Waals surface area contributed by atoms with Crippen molar-refractivity contribution in [1.82, 2.24) is 9.78 Å². The van der Waals surface area contributed by atoms with Crippen LogP contribution in [0.4, 0.5) is 5.69 Å². The molecule has 1 amide bonds. The van der Waals surface area contributed by atoms with Crippen LogP contribution in [0.3, 0.4) is 0 Å². The molecule has 0 spiro atoms. The van der Waals surface area contributed by atoms with Crippen molar-refractivity contribution in [3.63, 3.8) is 0 Å². The van der Waals surface area contributed by atoms with E-state index in [2.05, 4.69) is 5.10 Å². The van der Waals surface area contributed by atoms with Crippen LogP contribution in [0.2, 0.25) is 0 Å². The van der Waals surface area contributed by atoms with E-state index in [-0.39, 0.29) is 5.91 Å². The molecule has 0 saturated carbocycles. The zero-order valence-corrected chi connectivity index (χ0v) is 17.7. The number of nitrogens with zero attached hydrogens (tertiary/aromatic N) is 3. The molecular weight excluding hydrogens is 406 g/mol. The Hall–Kier alpha value is -4.13. The molecule has 0 bridgehead atoms. The molecule has 5 rings (SSSR count). The Kier molecular flexibility index (Phi) is 4.86. The minimum atomic E-state index is -0.391. The minimum absolute atomic E-state index is 0.166. The van der Waals surface area contributed by atoms with E-state index in [1.165, 1.54) is 7.11 Å². The average molecular weight is 427 g/mol. The number of carbonyl (C=O) groups excluding carboxylic acids is 2. The quantitative estimate of drug-likeness (QED) is 0.450. The number of fused-ring (bicyclic) bond motifs is 1. The minimum Gasteiger partial charge on any atom is -0.465 e. The van der Waals surface area contributed by atoms with Crippen molar-refractivity contribution in [2.24, 2.45) is 0 Å². The Morgan fingerprint density at radius 1 is 1.06 bits per heavy atom. The fraction of sp³-hybridized carbons (Fsp3) is 0.160. The topological polar surface area (TPSA) is 77.6 Å². The zero-order valence-electron chi connectivity index (χ0n) is 17.7. The number of aryl methyl sites for hydroxylation is 1. The van der Waals surface area contributed by atoms with Gasteiger partial charge in [0.2, 0.25) is 0 Å². The summed E-state index contributed by atoms with van der Waals surface area (Å²) in [4.78, 5) is 27.3. The molecule has 2 aromatic heterocycles. The van der Waals surface area contributed by atoms with Crippen molar-refractivity contribution in [2.75, 3.05) is 18.6 Å². The van der Waals surface area contributed by atoms with Crippen LogP contribution in [0.1, 0.15) is 32.0 Å². The Labute approximate surface area is 184 Å². The van der Waals surface area contributed by atoms with E-state index in [1.54, 1.807) is 34.0 Å². The van der Waals surface area contributed by atoms with Gasteiger partial charge in [-0.3, -0.25) is 4.79 Å². The molecule has 1 aliphatic heterocycles. The number of anilines is 1. The summed E-state index contributed by atoms with van der Waals surface area (Å²) in [5.74, 6) is 0.730. The van der Waals surface area contributed by atoms with Gasteiger partial charge in [0.25, 0.3) is 5.91 Å². The van der Waals surface area contributed by atoms with Crippen molar-refractivity contribution < 1.29 is 18.7 Å². The number of furan rings is 1. The summed E-state index contributed by atoms with van der Waals surface area (Å²) in [7, 11) is 1.35. The third kappa shape index (κ3) is 3.37. The molecule has 2 aromatic carbocycles. The molecule has 0 saturated heterocycles. The van der Waals surface area contributed by atoms with Crippen LogP contribution < -0.4 is 4.90 Å². The number of hydrogen-bond acceptors (Lipinski definition) is 5. The van der Waals surface area contributed by atoms with Gasteiger partial charge in [-0.2, -0.15) is 5.10 Å². The van der Waals surface area contributed by atoms with E-state index in [9.17, 15) is 9.59 Å². The maximum absolute atomic E-state index is 13.7. The summed E-state index contributed by atoms with van der Waals surface area (Å²) in [5, 5.41) is 4.68. The van der Waals surface area contributed by atoms with E-state index in [4.69, 9.17) is 9.15 Å². The molecule has 32 heavy (non-hydrogen) atoms. The summed E-state index contributed by atoms with van der Waals surface area (Å²) >= 11 is 0. The molecule has 7 heteroatoms. The molecular formula is C25H21N3O4. The van der Waals surface area contributed by atoms with Gasteiger partial charge in [0, 0.05) is 18.4 Å². The van der Waals surface area contributed by atoms with Gasteiger partial charge in [-0.05, 0) is 61.4 Å². The molecule has 0 N–H and O–H groups in total. The number of para-hydroxylation sites is 1. The summed E-state index contributed by atoms with van der Waals surface area (Å²) in [6.07, 6.45) is 2.40. The number of benzene rings is 2. The van der Waals surface area contributed by atoms with Crippen LogP contribution in [0.15, 0.2) is 71.3 Å². The molecule has 1 aliphatic rings. The molecule has 0 aliphatic carbocycles. The van der Waals surface area contributed by atoms with Crippen molar-refractivity contribution >= 4 is 17.6 Å². The van der Waals surface area contributed by atoms with Gasteiger partial charge in [-0.1, -0.05) is 18.2 Å². The second-order valence-corrected chi connectivity index (χ2v) is 7.62. The first-order valence-electron chi connectivity index (χ1n) is 10.3. The lowest BCUT2D eigenvalue weighted by Crippen LogP contribution is -2.29. The SMILES string of the molecule is COC(=O)c1ccc2c(c1)CCN2C(=O)c1cn(-c2ccccc2)nc1-c1ccc(C)o1. The van der Waals surface area contributed by atoms with Gasteiger partial charge in [0.05, 0.1) is 23.9 Å². The van der Waals surface area contributed by atoms with Crippen LogP contribution in [0, 0.1) is 6.92 Å².